The lowest BCUT2D eigenvalue weighted by atomic mass is 10.2. The third kappa shape index (κ3) is 2.90. The molecule has 0 fully saturated rings. The number of pyridine rings is 1. The molecule has 0 saturated carbocycles. The van der Waals surface area contributed by atoms with Gasteiger partial charge in [-0.1, -0.05) is 6.07 Å². The first-order valence-electron chi connectivity index (χ1n) is 7.94. The topological polar surface area (TPSA) is 65.6 Å². The second kappa shape index (κ2) is 6.36. The van der Waals surface area contributed by atoms with E-state index in [1.807, 2.05) is 13.0 Å². The van der Waals surface area contributed by atoms with E-state index in [1.54, 1.807) is 47.7 Å². The van der Waals surface area contributed by atoms with Crippen molar-refractivity contribution in [2.75, 3.05) is 0 Å². The summed E-state index contributed by atoms with van der Waals surface area (Å²) in [5.74, 6) is -0.381. The molecule has 0 amide bonds. The van der Waals surface area contributed by atoms with Gasteiger partial charge in [0.15, 0.2) is 5.69 Å². The van der Waals surface area contributed by atoms with Crippen molar-refractivity contribution in [2.24, 2.45) is 0 Å². The van der Waals surface area contributed by atoms with Gasteiger partial charge in [-0.15, -0.1) is 0 Å². The fraction of sp³-hybridized carbons (Fsp3) is 0.0526. The SMILES string of the molecule is Cc1cncc(-n2ccc(=O)c(-c3ccnn3-c3cccc(F)c3)n2)c1. The third-order valence-corrected chi connectivity index (χ3v) is 3.87. The average Bonchev–Trinajstić information content (AvgIpc) is 3.12. The van der Waals surface area contributed by atoms with E-state index < -0.39 is 0 Å². The van der Waals surface area contributed by atoms with Crippen LogP contribution in [0.1, 0.15) is 5.56 Å². The number of benzene rings is 1. The van der Waals surface area contributed by atoms with Gasteiger partial charge in [-0.3, -0.25) is 9.78 Å². The largest absolute Gasteiger partial charge is 0.287 e. The van der Waals surface area contributed by atoms with Crippen LogP contribution in [-0.2, 0) is 0 Å². The average molecular weight is 347 g/mol. The monoisotopic (exact) mass is 347 g/mol. The fourth-order valence-electron chi connectivity index (χ4n) is 2.69. The van der Waals surface area contributed by atoms with Crippen LogP contribution in [0.15, 0.2) is 72.0 Å². The van der Waals surface area contributed by atoms with Gasteiger partial charge in [-0.25, -0.2) is 13.8 Å². The number of hydrogen-bond donors (Lipinski definition) is 0. The Labute approximate surface area is 148 Å². The van der Waals surface area contributed by atoms with E-state index in [4.69, 9.17) is 0 Å². The van der Waals surface area contributed by atoms with Gasteiger partial charge in [-0.2, -0.15) is 10.2 Å². The molecule has 0 atom stereocenters. The van der Waals surface area contributed by atoms with E-state index in [2.05, 4.69) is 15.2 Å². The number of aromatic nitrogens is 5. The minimum Gasteiger partial charge on any atom is -0.287 e. The molecule has 0 saturated heterocycles. The molecule has 0 N–H and O–H groups in total. The third-order valence-electron chi connectivity index (χ3n) is 3.87. The van der Waals surface area contributed by atoms with Crippen LogP contribution in [0.2, 0.25) is 0 Å². The Bertz CT molecular complexity index is 1150. The Balaban J connectivity index is 1.86. The second-order valence-corrected chi connectivity index (χ2v) is 5.80. The van der Waals surface area contributed by atoms with E-state index in [9.17, 15) is 9.18 Å². The molecule has 4 rings (SSSR count). The van der Waals surface area contributed by atoms with Crippen LogP contribution in [0, 0.1) is 12.7 Å². The summed E-state index contributed by atoms with van der Waals surface area (Å²) < 4.78 is 16.6. The molecule has 0 aliphatic rings. The lowest BCUT2D eigenvalue weighted by Crippen LogP contribution is -2.15. The van der Waals surface area contributed by atoms with Crippen LogP contribution in [-0.4, -0.2) is 24.5 Å². The molecule has 3 aromatic heterocycles. The molecule has 128 valence electrons. The minimum absolute atomic E-state index is 0.218. The minimum atomic E-state index is -0.381. The van der Waals surface area contributed by atoms with E-state index >= 15 is 0 Å². The van der Waals surface area contributed by atoms with Crippen molar-refractivity contribution in [1.29, 1.82) is 0 Å². The van der Waals surface area contributed by atoms with Crippen molar-refractivity contribution in [3.8, 4) is 22.8 Å². The number of aryl methyl sites for hydroxylation is 1. The summed E-state index contributed by atoms with van der Waals surface area (Å²) in [6.45, 7) is 1.93. The highest BCUT2D eigenvalue weighted by atomic mass is 19.1. The highest BCUT2D eigenvalue weighted by Gasteiger charge is 2.14. The van der Waals surface area contributed by atoms with Gasteiger partial charge in [0.1, 0.15) is 5.82 Å². The Morgan fingerprint density at radius 3 is 2.73 bits per heavy atom. The molecule has 0 aliphatic carbocycles. The zero-order valence-corrected chi connectivity index (χ0v) is 13.9. The maximum Gasteiger partial charge on any atom is 0.209 e. The molecule has 1 aromatic carbocycles. The number of halogens is 1. The molecule has 6 nitrogen and oxygen atoms in total. The molecule has 0 bridgehead atoms. The molecule has 0 unspecified atom stereocenters. The lowest BCUT2D eigenvalue weighted by molar-refractivity contribution is 0.625. The van der Waals surface area contributed by atoms with Crippen molar-refractivity contribution in [3.05, 3.63) is 88.9 Å². The van der Waals surface area contributed by atoms with Gasteiger partial charge in [0.2, 0.25) is 5.43 Å². The first kappa shape index (κ1) is 15.9. The highest BCUT2D eigenvalue weighted by Crippen LogP contribution is 2.19. The molecular formula is C19H14FN5O. The quantitative estimate of drug-likeness (QED) is 0.571. The van der Waals surface area contributed by atoms with Crippen LogP contribution in [0.25, 0.3) is 22.8 Å². The Hall–Kier alpha value is -3.61. The summed E-state index contributed by atoms with van der Waals surface area (Å²) in [5, 5.41) is 8.66. The number of hydrogen-bond acceptors (Lipinski definition) is 4. The Morgan fingerprint density at radius 2 is 1.92 bits per heavy atom. The lowest BCUT2D eigenvalue weighted by Gasteiger charge is -2.10. The van der Waals surface area contributed by atoms with Gasteiger partial charge in [0.05, 0.1) is 29.5 Å². The number of nitrogens with zero attached hydrogens (tertiary/aromatic N) is 5. The smallest absolute Gasteiger partial charge is 0.209 e. The van der Waals surface area contributed by atoms with Gasteiger partial charge in [-0.05, 0) is 42.8 Å². The van der Waals surface area contributed by atoms with Gasteiger partial charge < -0.3 is 0 Å². The van der Waals surface area contributed by atoms with Crippen molar-refractivity contribution in [3.63, 3.8) is 0 Å². The molecule has 26 heavy (non-hydrogen) atoms. The standard InChI is InChI=1S/C19H14FN5O/c1-13-9-16(12-21-11-13)24-8-6-18(26)19(23-24)17-5-7-22-25(17)15-4-2-3-14(20)10-15/h2-12H,1H3. The van der Waals surface area contributed by atoms with Crippen LogP contribution in [0.5, 0.6) is 0 Å². The first-order chi connectivity index (χ1) is 12.6. The second-order valence-electron chi connectivity index (χ2n) is 5.80. The summed E-state index contributed by atoms with van der Waals surface area (Å²) in [7, 11) is 0. The summed E-state index contributed by atoms with van der Waals surface area (Å²) in [4.78, 5) is 16.6. The molecule has 0 spiro atoms. The van der Waals surface area contributed by atoms with Crippen molar-refractivity contribution >= 4 is 0 Å². The molecule has 0 aliphatic heterocycles. The zero-order valence-electron chi connectivity index (χ0n) is 13.9. The molecular weight excluding hydrogens is 333 g/mol. The van der Waals surface area contributed by atoms with E-state index in [-0.39, 0.29) is 16.9 Å². The maximum absolute atomic E-state index is 13.6. The Morgan fingerprint density at radius 1 is 1.04 bits per heavy atom. The summed E-state index contributed by atoms with van der Waals surface area (Å²) >= 11 is 0. The summed E-state index contributed by atoms with van der Waals surface area (Å²) in [6.07, 6.45) is 6.54. The number of rotatable bonds is 3. The van der Waals surface area contributed by atoms with Crippen molar-refractivity contribution in [2.45, 2.75) is 6.92 Å². The van der Waals surface area contributed by atoms with Crippen molar-refractivity contribution < 1.29 is 4.39 Å². The highest BCUT2D eigenvalue weighted by molar-refractivity contribution is 5.57. The summed E-state index contributed by atoms with van der Waals surface area (Å²) in [5.41, 5.74) is 2.68. The van der Waals surface area contributed by atoms with Crippen LogP contribution in [0.3, 0.4) is 0 Å². The van der Waals surface area contributed by atoms with E-state index in [0.29, 0.717) is 11.4 Å². The van der Waals surface area contributed by atoms with Crippen LogP contribution < -0.4 is 5.43 Å². The van der Waals surface area contributed by atoms with Crippen LogP contribution in [0.4, 0.5) is 4.39 Å². The van der Waals surface area contributed by atoms with Gasteiger partial charge >= 0.3 is 0 Å². The zero-order chi connectivity index (χ0) is 18.1. The van der Waals surface area contributed by atoms with Crippen LogP contribution >= 0.6 is 0 Å². The first-order valence-corrected chi connectivity index (χ1v) is 7.94. The molecule has 4 aromatic rings. The van der Waals surface area contributed by atoms with E-state index in [1.165, 1.54) is 22.9 Å². The maximum atomic E-state index is 13.6. The Kier molecular flexibility index (Phi) is 3.89. The summed E-state index contributed by atoms with van der Waals surface area (Å²) in [6, 6.07) is 11.0. The predicted octanol–water partition coefficient (Wildman–Crippen LogP) is 2.93. The predicted molar refractivity (Wildman–Crippen MR) is 94.9 cm³/mol. The van der Waals surface area contributed by atoms with Crippen molar-refractivity contribution in [1.82, 2.24) is 24.5 Å². The van der Waals surface area contributed by atoms with E-state index in [0.717, 1.165) is 11.3 Å². The molecule has 7 heteroatoms. The normalized spacial score (nSPS) is 10.8. The van der Waals surface area contributed by atoms with Gasteiger partial charge in [0, 0.05) is 18.5 Å². The van der Waals surface area contributed by atoms with Gasteiger partial charge in [0.25, 0.3) is 0 Å². The molecule has 3 heterocycles. The fourth-order valence-corrected chi connectivity index (χ4v) is 2.69. The molecule has 0 radical (unpaired) electrons.